The molecule has 0 unspecified atom stereocenters. The van der Waals surface area contributed by atoms with Gasteiger partial charge in [0.1, 0.15) is 0 Å². The maximum Gasteiger partial charge on any atom is 0.283 e. The van der Waals surface area contributed by atoms with Crippen LogP contribution in [0.5, 0.6) is 11.5 Å². The van der Waals surface area contributed by atoms with Crippen LogP contribution in [-0.4, -0.2) is 40.1 Å². The third kappa shape index (κ3) is 4.15. The predicted molar refractivity (Wildman–Crippen MR) is 81.9 cm³/mol. The molecule has 0 aliphatic rings. The molecule has 2 aromatic rings. The van der Waals surface area contributed by atoms with E-state index in [9.17, 15) is 0 Å². The fraction of sp³-hybridized carbons (Fsp3) is 0.333. The van der Waals surface area contributed by atoms with Crippen LogP contribution in [-0.2, 0) is 0 Å². The summed E-state index contributed by atoms with van der Waals surface area (Å²) in [5.41, 5.74) is 3.47. The predicted octanol–water partition coefficient (Wildman–Crippen LogP) is 2.20. The lowest BCUT2D eigenvalue weighted by Gasteiger charge is -2.15. The lowest BCUT2D eigenvalue weighted by Crippen LogP contribution is -2.07. The van der Waals surface area contributed by atoms with Gasteiger partial charge in [0.15, 0.2) is 11.5 Å². The first-order valence-corrected chi connectivity index (χ1v) is 6.96. The van der Waals surface area contributed by atoms with Gasteiger partial charge in [-0.2, -0.15) is 10.3 Å². The lowest BCUT2D eigenvalue weighted by atomic mass is 10.2. The van der Waals surface area contributed by atoms with Crippen molar-refractivity contribution in [1.82, 2.24) is 20.6 Å². The van der Waals surface area contributed by atoms with Gasteiger partial charge in [-0.25, -0.2) is 5.43 Å². The van der Waals surface area contributed by atoms with Gasteiger partial charge in [0.05, 0.1) is 23.9 Å². The number of nitrogens with zero attached hydrogens (tertiary/aromatic N) is 4. The summed E-state index contributed by atoms with van der Waals surface area (Å²) in [5, 5.41) is 17.2. The van der Waals surface area contributed by atoms with Crippen molar-refractivity contribution in [3.63, 3.8) is 0 Å². The van der Waals surface area contributed by atoms with Crippen LogP contribution in [0.25, 0.3) is 0 Å². The van der Waals surface area contributed by atoms with Crippen molar-refractivity contribution in [3.8, 4) is 11.5 Å². The van der Waals surface area contributed by atoms with Crippen LogP contribution in [0.3, 0.4) is 0 Å². The smallest absolute Gasteiger partial charge is 0.283 e. The van der Waals surface area contributed by atoms with Gasteiger partial charge < -0.3 is 9.47 Å². The van der Waals surface area contributed by atoms with Crippen molar-refractivity contribution in [2.24, 2.45) is 5.10 Å². The molecule has 0 amide bonds. The third-order valence-electron chi connectivity index (χ3n) is 2.33. The van der Waals surface area contributed by atoms with E-state index in [-0.39, 0.29) is 12.1 Å². The molecule has 0 atom stereocenters. The maximum absolute atomic E-state index is 5.72. The molecule has 0 bridgehead atoms. The van der Waals surface area contributed by atoms with Gasteiger partial charge in [-0.3, -0.25) is 0 Å². The van der Waals surface area contributed by atoms with Gasteiger partial charge >= 0.3 is 0 Å². The van der Waals surface area contributed by atoms with Gasteiger partial charge in [0, 0.05) is 0 Å². The number of halogens is 1. The molecular weight excluding hydrogens is 340 g/mol. The van der Waals surface area contributed by atoms with Crippen LogP contribution < -0.4 is 14.9 Å². The topological polar surface area (TPSA) is 97.3 Å². The van der Waals surface area contributed by atoms with E-state index < -0.39 is 0 Å². The van der Waals surface area contributed by atoms with Crippen molar-refractivity contribution >= 4 is 28.1 Å². The Bertz CT molecular complexity index is 614. The largest absolute Gasteiger partial charge is 0.493 e. The number of hydrogen-bond donors (Lipinski definition) is 2. The van der Waals surface area contributed by atoms with E-state index in [2.05, 4.69) is 47.1 Å². The Morgan fingerprint density at radius 3 is 2.86 bits per heavy atom. The fourth-order valence-corrected chi connectivity index (χ4v) is 2.09. The molecule has 0 aliphatic carbocycles. The second kappa shape index (κ2) is 7.02. The molecule has 8 nitrogen and oxygen atoms in total. The standard InChI is InChI=1S/C12H15BrN6O2/c1-7(2)21-11-9(13)4-8(5-10(11)20-3)6-14-15-12-16-18-19-17-12/h4-7H,1-3H3,(H2,15,16,17,18,19)/b14-6-. The normalized spacial score (nSPS) is 11.1. The van der Waals surface area contributed by atoms with Crippen molar-refractivity contribution in [2.45, 2.75) is 20.0 Å². The molecule has 1 heterocycles. The summed E-state index contributed by atoms with van der Waals surface area (Å²) in [6.45, 7) is 3.91. The summed E-state index contributed by atoms with van der Waals surface area (Å²) in [7, 11) is 1.59. The number of methoxy groups -OCH3 is 1. The molecule has 1 aromatic carbocycles. The molecule has 0 radical (unpaired) electrons. The van der Waals surface area contributed by atoms with Gasteiger partial charge in [-0.1, -0.05) is 5.10 Å². The van der Waals surface area contributed by atoms with Gasteiger partial charge in [-0.05, 0) is 52.7 Å². The number of aromatic amines is 1. The van der Waals surface area contributed by atoms with Crippen molar-refractivity contribution in [1.29, 1.82) is 0 Å². The first-order chi connectivity index (χ1) is 10.1. The second-order valence-electron chi connectivity index (χ2n) is 4.31. The average molecular weight is 355 g/mol. The molecule has 112 valence electrons. The average Bonchev–Trinajstić information content (AvgIpc) is 2.94. The summed E-state index contributed by atoms with van der Waals surface area (Å²) >= 11 is 3.47. The van der Waals surface area contributed by atoms with Crippen molar-refractivity contribution < 1.29 is 9.47 Å². The molecule has 0 saturated carbocycles. The van der Waals surface area contributed by atoms with Crippen molar-refractivity contribution in [2.75, 3.05) is 12.5 Å². The Labute approximate surface area is 130 Å². The molecule has 9 heteroatoms. The van der Waals surface area contributed by atoms with Crippen molar-refractivity contribution in [3.05, 3.63) is 22.2 Å². The second-order valence-corrected chi connectivity index (χ2v) is 5.16. The lowest BCUT2D eigenvalue weighted by molar-refractivity contribution is 0.228. The summed E-state index contributed by atoms with van der Waals surface area (Å²) in [5.74, 6) is 1.58. The van der Waals surface area contributed by atoms with E-state index in [0.29, 0.717) is 11.5 Å². The van der Waals surface area contributed by atoms with E-state index in [1.54, 1.807) is 13.3 Å². The van der Waals surface area contributed by atoms with E-state index in [0.717, 1.165) is 10.0 Å². The molecule has 0 saturated heterocycles. The van der Waals surface area contributed by atoms with Crippen LogP contribution in [0.15, 0.2) is 21.7 Å². The van der Waals surface area contributed by atoms with Crippen LogP contribution in [0.2, 0.25) is 0 Å². The number of aromatic nitrogens is 4. The Hall–Kier alpha value is -2.16. The van der Waals surface area contributed by atoms with Crippen LogP contribution >= 0.6 is 15.9 Å². The minimum Gasteiger partial charge on any atom is -0.493 e. The van der Waals surface area contributed by atoms with Crippen LogP contribution in [0, 0.1) is 0 Å². The highest BCUT2D eigenvalue weighted by Gasteiger charge is 2.12. The summed E-state index contributed by atoms with van der Waals surface area (Å²) in [6.07, 6.45) is 1.66. The minimum atomic E-state index is 0.0506. The van der Waals surface area contributed by atoms with E-state index >= 15 is 0 Å². The number of anilines is 1. The molecule has 0 aliphatic heterocycles. The fourth-order valence-electron chi connectivity index (χ4n) is 1.54. The molecular formula is C12H15BrN6O2. The highest BCUT2D eigenvalue weighted by molar-refractivity contribution is 9.10. The van der Waals surface area contributed by atoms with Gasteiger partial charge in [-0.15, -0.1) is 5.10 Å². The number of nitrogens with one attached hydrogen (secondary N) is 2. The zero-order valence-electron chi connectivity index (χ0n) is 11.8. The Kier molecular flexibility index (Phi) is 5.09. The Balaban J connectivity index is 2.17. The number of benzene rings is 1. The monoisotopic (exact) mass is 354 g/mol. The Morgan fingerprint density at radius 1 is 1.43 bits per heavy atom. The number of tetrazole rings is 1. The minimum absolute atomic E-state index is 0.0506. The molecule has 2 N–H and O–H groups in total. The zero-order chi connectivity index (χ0) is 15.2. The van der Waals surface area contributed by atoms with Crippen LogP contribution in [0.4, 0.5) is 5.95 Å². The quantitative estimate of drug-likeness (QED) is 0.609. The highest BCUT2D eigenvalue weighted by atomic mass is 79.9. The number of ether oxygens (including phenoxy) is 2. The summed E-state index contributed by atoms with van der Waals surface area (Å²) in [4.78, 5) is 0. The zero-order valence-corrected chi connectivity index (χ0v) is 13.4. The van der Waals surface area contributed by atoms with Crippen LogP contribution in [0.1, 0.15) is 19.4 Å². The Morgan fingerprint density at radius 2 is 2.24 bits per heavy atom. The first-order valence-electron chi connectivity index (χ1n) is 6.17. The molecule has 1 aromatic heterocycles. The number of hydrazone groups is 1. The first kappa shape index (κ1) is 15.2. The third-order valence-corrected chi connectivity index (χ3v) is 2.92. The summed E-state index contributed by atoms with van der Waals surface area (Å²) < 4.78 is 11.9. The van der Waals surface area contributed by atoms with E-state index in [4.69, 9.17) is 9.47 Å². The van der Waals surface area contributed by atoms with Gasteiger partial charge in [0.25, 0.3) is 5.95 Å². The number of H-pyrrole nitrogens is 1. The number of rotatable bonds is 6. The highest BCUT2D eigenvalue weighted by Crippen LogP contribution is 2.36. The van der Waals surface area contributed by atoms with E-state index in [1.165, 1.54) is 0 Å². The van der Waals surface area contributed by atoms with E-state index in [1.807, 2.05) is 26.0 Å². The summed E-state index contributed by atoms with van der Waals surface area (Å²) in [6, 6.07) is 3.70. The molecule has 0 fully saturated rings. The molecule has 2 rings (SSSR count). The molecule has 21 heavy (non-hydrogen) atoms. The maximum atomic E-state index is 5.72. The number of hydrogen-bond acceptors (Lipinski definition) is 7. The SMILES string of the molecule is COc1cc(/C=N\Nc2nn[nH]n2)cc(Br)c1OC(C)C. The molecule has 0 spiro atoms. The van der Waals surface area contributed by atoms with Gasteiger partial charge in [0.2, 0.25) is 0 Å².